The number of ether oxygens (including phenoxy) is 1. The second-order valence-electron chi connectivity index (χ2n) is 10.3. The van der Waals surface area contributed by atoms with Gasteiger partial charge in [-0.15, -0.1) is 0 Å². The molecule has 5 rings (SSSR count). The van der Waals surface area contributed by atoms with E-state index in [1.807, 2.05) is 11.0 Å². The Kier molecular flexibility index (Phi) is 7.17. The van der Waals surface area contributed by atoms with Crippen LogP contribution in [0.3, 0.4) is 0 Å². The van der Waals surface area contributed by atoms with E-state index >= 15 is 0 Å². The van der Waals surface area contributed by atoms with Gasteiger partial charge in [0.15, 0.2) is 0 Å². The molecule has 2 amide bonds. The summed E-state index contributed by atoms with van der Waals surface area (Å²) in [6.07, 6.45) is 2.47. The highest BCUT2D eigenvalue weighted by molar-refractivity contribution is 5.83. The van der Waals surface area contributed by atoms with Gasteiger partial charge in [0.25, 0.3) is 0 Å². The quantitative estimate of drug-likeness (QED) is 0.542. The van der Waals surface area contributed by atoms with E-state index < -0.39 is 0 Å². The molecule has 1 fully saturated rings. The highest BCUT2D eigenvalue weighted by atomic mass is 16.5. The Morgan fingerprint density at radius 1 is 0.892 bits per heavy atom. The SMILES string of the molecule is CC(=O)NCC(=O)N1CCC2(CC1)CCN(Cc1ccc(-c3ccccc3)cc1)c1cc(C)ccc1O2. The number of carbonyl (C=O) groups is 2. The van der Waals surface area contributed by atoms with Crippen LogP contribution in [0, 0.1) is 6.92 Å². The van der Waals surface area contributed by atoms with Crippen molar-refractivity contribution in [2.45, 2.75) is 45.3 Å². The van der Waals surface area contributed by atoms with Crippen molar-refractivity contribution in [1.82, 2.24) is 10.2 Å². The van der Waals surface area contributed by atoms with Gasteiger partial charge in [0.05, 0.1) is 12.2 Å². The van der Waals surface area contributed by atoms with Crippen LogP contribution >= 0.6 is 0 Å². The molecule has 0 aliphatic carbocycles. The van der Waals surface area contributed by atoms with Crippen molar-refractivity contribution in [3.63, 3.8) is 0 Å². The molecular weight excluding hydrogens is 462 g/mol. The third kappa shape index (κ3) is 5.79. The van der Waals surface area contributed by atoms with Crippen LogP contribution in [0.4, 0.5) is 5.69 Å². The normalized spacial score (nSPS) is 16.5. The van der Waals surface area contributed by atoms with Gasteiger partial charge in [-0.1, -0.05) is 60.7 Å². The minimum Gasteiger partial charge on any atom is -0.485 e. The number of piperidine rings is 1. The number of benzene rings is 3. The topological polar surface area (TPSA) is 61.9 Å². The monoisotopic (exact) mass is 497 g/mol. The summed E-state index contributed by atoms with van der Waals surface area (Å²) in [6.45, 7) is 6.58. The average molecular weight is 498 g/mol. The molecule has 1 N–H and O–H groups in total. The van der Waals surface area contributed by atoms with E-state index in [1.165, 1.54) is 29.2 Å². The van der Waals surface area contributed by atoms with E-state index in [0.29, 0.717) is 13.1 Å². The zero-order chi connectivity index (χ0) is 25.8. The van der Waals surface area contributed by atoms with Crippen LogP contribution in [-0.4, -0.2) is 48.5 Å². The fourth-order valence-corrected chi connectivity index (χ4v) is 5.35. The van der Waals surface area contributed by atoms with E-state index in [1.54, 1.807) is 0 Å². The Labute approximate surface area is 219 Å². The van der Waals surface area contributed by atoms with Gasteiger partial charge in [-0.25, -0.2) is 0 Å². The Hall–Kier alpha value is -3.80. The second kappa shape index (κ2) is 10.7. The number of anilines is 1. The third-order valence-electron chi connectivity index (χ3n) is 7.57. The van der Waals surface area contributed by atoms with Crippen molar-refractivity contribution >= 4 is 17.5 Å². The van der Waals surface area contributed by atoms with Gasteiger partial charge in [-0.3, -0.25) is 9.59 Å². The van der Waals surface area contributed by atoms with Crippen molar-refractivity contribution < 1.29 is 14.3 Å². The molecule has 3 aromatic carbocycles. The molecule has 2 aliphatic heterocycles. The van der Waals surface area contributed by atoms with Crippen molar-refractivity contribution in [2.75, 3.05) is 31.1 Å². The van der Waals surface area contributed by atoms with Gasteiger partial charge in [-0.2, -0.15) is 0 Å². The molecule has 6 nitrogen and oxygen atoms in total. The molecule has 1 spiro atoms. The van der Waals surface area contributed by atoms with Crippen molar-refractivity contribution in [3.05, 3.63) is 83.9 Å². The summed E-state index contributed by atoms with van der Waals surface area (Å²) in [5, 5.41) is 2.62. The summed E-state index contributed by atoms with van der Waals surface area (Å²) in [5.41, 5.74) is 5.76. The number of nitrogens with zero attached hydrogens (tertiary/aromatic N) is 2. The lowest BCUT2D eigenvalue weighted by Crippen LogP contribution is -2.52. The van der Waals surface area contributed by atoms with E-state index in [-0.39, 0.29) is 24.0 Å². The minimum atomic E-state index is -0.291. The first-order chi connectivity index (χ1) is 17.9. The number of fused-ring (bicyclic) bond motifs is 1. The fraction of sp³-hybridized carbons (Fsp3) is 0.355. The second-order valence-corrected chi connectivity index (χ2v) is 10.3. The summed E-state index contributed by atoms with van der Waals surface area (Å²) in [5.74, 6) is 0.702. The van der Waals surface area contributed by atoms with Crippen LogP contribution in [-0.2, 0) is 16.1 Å². The van der Waals surface area contributed by atoms with Crippen LogP contribution < -0.4 is 15.0 Å². The van der Waals surface area contributed by atoms with E-state index in [9.17, 15) is 9.59 Å². The Morgan fingerprint density at radius 2 is 1.57 bits per heavy atom. The predicted octanol–water partition coefficient (Wildman–Crippen LogP) is 4.95. The molecule has 0 saturated carbocycles. The van der Waals surface area contributed by atoms with Gasteiger partial charge < -0.3 is 19.9 Å². The number of rotatable bonds is 5. The zero-order valence-electron chi connectivity index (χ0n) is 21.7. The lowest BCUT2D eigenvalue weighted by atomic mass is 9.87. The van der Waals surface area contributed by atoms with E-state index in [2.05, 4.69) is 83.9 Å². The van der Waals surface area contributed by atoms with Crippen LogP contribution in [0.1, 0.15) is 37.3 Å². The first-order valence-corrected chi connectivity index (χ1v) is 13.1. The maximum Gasteiger partial charge on any atom is 0.241 e. The van der Waals surface area contributed by atoms with Crippen molar-refractivity contribution in [1.29, 1.82) is 0 Å². The van der Waals surface area contributed by atoms with Gasteiger partial charge in [0.1, 0.15) is 11.4 Å². The fourth-order valence-electron chi connectivity index (χ4n) is 5.35. The maximum absolute atomic E-state index is 12.5. The summed E-state index contributed by atoms with van der Waals surface area (Å²) < 4.78 is 6.76. The highest BCUT2D eigenvalue weighted by Crippen LogP contribution is 2.41. The summed E-state index contributed by atoms with van der Waals surface area (Å²) in [7, 11) is 0. The van der Waals surface area contributed by atoms with Crippen molar-refractivity contribution in [3.8, 4) is 16.9 Å². The number of likely N-dealkylation sites (tertiary alicyclic amines) is 1. The molecule has 0 atom stereocenters. The first kappa shape index (κ1) is 24.9. The number of amides is 2. The molecule has 3 aromatic rings. The summed E-state index contributed by atoms with van der Waals surface area (Å²) in [4.78, 5) is 28.0. The molecule has 0 bridgehead atoms. The van der Waals surface area contributed by atoms with Gasteiger partial charge in [0, 0.05) is 52.4 Å². The molecule has 6 heteroatoms. The molecule has 1 saturated heterocycles. The molecule has 0 radical (unpaired) electrons. The Balaban J connectivity index is 1.30. The highest BCUT2D eigenvalue weighted by Gasteiger charge is 2.40. The lowest BCUT2D eigenvalue weighted by molar-refractivity contribution is -0.135. The molecule has 2 aliphatic rings. The van der Waals surface area contributed by atoms with Crippen LogP contribution in [0.2, 0.25) is 0 Å². The summed E-state index contributed by atoms with van der Waals surface area (Å²) in [6, 6.07) is 25.7. The minimum absolute atomic E-state index is 0.0322. The number of aryl methyl sites for hydroxylation is 1. The van der Waals surface area contributed by atoms with Crippen LogP contribution in [0.5, 0.6) is 5.75 Å². The van der Waals surface area contributed by atoms with Crippen LogP contribution in [0.25, 0.3) is 11.1 Å². The molecule has 192 valence electrons. The van der Waals surface area contributed by atoms with E-state index in [4.69, 9.17) is 4.74 Å². The molecule has 0 aromatic heterocycles. The third-order valence-corrected chi connectivity index (χ3v) is 7.57. The molecule has 0 unspecified atom stereocenters. The zero-order valence-corrected chi connectivity index (χ0v) is 21.7. The smallest absolute Gasteiger partial charge is 0.241 e. The maximum atomic E-state index is 12.5. The van der Waals surface area contributed by atoms with Crippen LogP contribution in [0.15, 0.2) is 72.8 Å². The lowest BCUT2D eigenvalue weighted by Gasteiger charge is -2.41. The number of carbonyl (C=O) groups excluding carboxylic acids is 2. The van der Waals surface area contributed by atoms with Crippen molar-refractivity contribution in [2.24, 2.45) is 0 Å². The summed E-state index contributed by atoms with van der Waals surface area (Å²) >= 11 is 0. The largest absolute Gasteiger partial charge is 0.485 e. The predicted molar refractivity (Wildman–Crippen MR) is 147 cm³/mol. The number of hydrogen-bond donors (Lipinski definition) is 1. The van der Waals surface area contributed by atoms with Gasteiger partial charge in [0.2, 0.25) is 11.8 Å². The first-order valence-electron chi connectivity index (χ1n) is 13.1. The molecule has 37 heavy (non-hydrogen) atoms. The Bertz CT molecular complexity index is 1250. The average Bonchev–Trinajstić information content (AvgIpc) is 3.05. The Morgan fingerprint density at radius 3 is 2.27 bits per heavy atom. The molecular formula is C31H35N3O3. The number of hydrogen-bond acceptors (Lipinski definition) is 4. The molecule has 2 heterocycles. The van der Waals surface area contributed by atoms with Gasteiger partial charge >= 0.3 is 0 Å². The standard InChI is InChI=1S/C31H35N3O3/c1-23-8-13-29-28(20-23)34(22-25-9-11-27(12-10-25)26-6-4-3-5-7-26)19-16-31(37-29)14-17-33(18-15-31)30(36)21-32-24(2)35/h3-13,20H,14-19,21-22H2,1-2H3,(H,32,35). The number of nitrogens with one attached hydrogen (secondary N) is 1. The van der Waals surface area contributed by atoms with E-state index in [0.717, 1.165) is 43.8 Å². The van der Waals surface area contributed by atoms with Gasteiger partial charge in [-0.05, 0) is 41.3 Å².